The molecule has 1 aromatic rings. The molecule has 7 heteroatoms. The summed E-state index contributed by atoms with van der Waals surface area (Å²) in [5.74, 6) is -0.197. The van der Waals surface area contributed by atoms with Gasteiger partial charge in [-0.05, 0) is 20.9 Å². The summed E-state index contributed by atoms with van der Waals surface area (Å²) in [6.07, 6.45) is 1.44. The Hall–Kier alpha value is -0.430. The molecule has 0 spiro atoms. The fourth-order valence-electron chi connectivity index (χ4n) is 0.442. The molecule has 1 aromatic heterocycles. The first-order chi connectivity index (χ1) is 4.61. The molecule has 0 aliphatic rings. The second kappa shape index (κ2) is 2.67. The van der Waals surface area contributed by atoms with Gasteiger partial charge in [-0.1, -0.05) is 0 Å². The maximum absolute atomic E-state index is 10.1. The van der Waals surface area contributed by atoms with E-state index in [2.05, 4.69) is 37.2 Å². The molecule has 0 saturated carbocycles. The maximum Gasteiger partial charge on any atom is 0.405 e. The molecule has 5 nitrogen and oxygen atoms in total. The summed E-state index contributed by atoms with van der Waals surface area (Å²) in [6.45, 7) is 0. The van der Waals surface area contributed by atoms with Crippen molar-refractivity contribution in [1.82, 2.24) is 8.81 Å². The van der Waals surface area contributed by atoms with Gasteiger partial charge in [-0.15, -0.1) is 3.71 Å². The quantitative estimate of drug-likeness (QED) is 0.577. The Morgan fingerprint density at radius 3 is 2.60 bits per heavy atom. The van der Waals surface area contributed by atoms with E-state index in [1.807, 2.05) is 0 Å². The average Bonchev–Trinajstić information content (AvgIpc) is 2.10. The lowest BCUT2D eigenvalue weighted by molar-refractivity contribution is -0.390. The van der Waals surface area contributed by atoms with E-state index >= 15 is 0 Å². The van der Waals surface area contributed by atoms with Gasteiger partial charge in [0, 0.05) is 0 Å². The molecule has 0 amide bonds. The molecule has 0 radical (unpaired) electrons. The van der Waals surface area contributed by atoms with Crippen LogP contribution in [0.2, 0.25) is 0 Å². The first-order valence-electron chi connectivity index (χ1n) is 2.17. The molecule has 1 heterocycles. The van der Waals surface area contributed by atoms with Crippen LogP contribution in [0.3, 0.4) is 0 Å². The Kier molecular flexibility index (Phi) is 2.05. The third-order valence-electron chi connectivity index (χ3n) is 0.797. The summed E-state index contributed by atoms with van der Waals surface area (Å²) in [7, 11) is 0. The summed E-state index contributed by atoms with van der Waals surface area (Å²) in [5, 5.41) is 13.6. The van der Waals surface area contributed by atoms with Gasteiger partial charge in [-0.2, -0.15) is 0 Å². The van der Waals surface area contributed by atoms with Crippen molar-refractivity contribution in [3.8, 4) is 0 Å². The third kappa shape index (κ3) is 1.35. The lowest BCUT2D eigenvalue weighted by Crippen LogP contribution is -1.89. The molecular formula is C3HBr2N3O2. The maximum atomic E-state index is 10.1. The van der Waals surface area contributed by atoms with E-state index in [0.717, 1.165) is 0 Å². The first-order valence-corrected chi connectivity index (χ1v) is 3.67. The van der Waals surface area contributed by atoms with Crippen LogP contribution in [0.4, 0.5) is 5.82 Å². The predicted octanol–water partition coefficient (Wildman–Crippen LogP) is 1.71. The van der Waals surface area contributed by atoms with E-state index in [1.54, 1.807) is 0 Å². The van der Waals surface area contributed by atoms with Crippen molar-refractivity contribution in [3.05, 3.63) is 20.8 Å². The number of aromatic nitrogens is 2. The van der Waals surface area contributed by atoms with Crippen LogP contribution < -0.4 is 0 Å². The zero-order valence-corrected chi connectivity index (χ0v) is 7.66. The van der Waals surface area contributed by atoms with Crippen molar-refractivity contribution < 1.29 is 4.92 Å². The number of hydrogen-bond donors (Lipinski definition) is 0. The highest BCUT2D eigenvalue weighted by atomic mass is 79.9. The molecule has 54 valence electrons. The van der Waals surface area contributed by atoms with Gasteiger partial charge in [0.1, 0.15) is 20.6 Å². The fourth-order valence-corrected chi connectivity index (χ4v) is 1.49. The van der Waals surface area contributed by atoms with E-state index in [-0.39, 0.29) is 5.82 Å². The predicted molar refractivity (Wildman–Crippen MR) is 40.9 cm³/mol. The number of halogens is 2. The van der Waals surface area contributed by atoms with Gasteiger partial charge < -0.3 is 10.1 Å². The minimum Gasteiger partial charge on any atom is -0.358 e. The van der Waals surface area contributed by atoms with Crippen LogP contribution in [0.5, 0.6) is 0 Å². The first kappa shape index (κ1) is 7.67. The van der Waals surface area contributed by atoms with Crippen molar-refractivity contribution in [3.63, 3.8) is 0 Å². The van der Waals surface area contributed by atoms with Gasteiger partial charge in [0.25, 0.3) is 0 Å². The molecule has 0 atom stereocenters. The van der Waals surface area contributed by atoms with E-state index in [1.165, 1.54) is 9.90 Å². The highest BCUT2D eigenvalue weighted by Gasteiger charge is 2.16. The highest BCUT2D eigenvalue weighted by Crippen LogP contribution is 2.22. The molecule has 0 aliphatic heterocycles. The molecule has 10 heavy (non-hydrogen) atoms. The zero-order chi connectivity index (χ0) is 7.72. The SMILES string of the molecule is O=[N+]([O-])c1nn(Br)cc1Br. The Balaban J connectivity index is 3.15. The Labute approximate surface area is 72.6 Å². The van der Waals surface area contributed by atoms with E-state index in [0.29, 0.717) is 4.47 Å². The molecule has 0 N–H and O–H groups in total. The smallest absolute Gasteiger partial charge is 0.358 e. The van der Waals surface area contributed by atoms with Crippen LogP contribution in [-0.4, -0.2) is 13.7 Å². The summed E-state index contributed by atoms with van der Waals surface area (Å²) < 4.78 is 1.55. The topological polar surface area (TPSA) is 61.0 Å². The molecule has 0 fully saturated rings. The summed E-state index contributed by atoms with van der Waals surface area (Å²) in [4.78, 5) is 9.55. The van der Waals surface area contributed by atoms with Crippen LogP contribution in [0.25, 0.3) is 0 Å². The van der Waals surface area contributed by atoms with Crippen molar-refractivity contribution >= 4 is 37.9 Å². The molecule has 0 unspecified atom stereocenters. The Morgan fingerprint density at radius 2 is 2.40 bits per heavy atom. The minimum atomic E-state index is -0.568. The van der Waals surface area contributed by atoms with Gasteiger partial charge in [0.15, 0.2) is 0 Å². The summed E-state index contributed by atoms with van der Waals surface area (Å²) >= 11 is 5.89. The molecule has 0 bridgehead atoms. The van der Waals surface area contributed by atoms with Gasteiger partial charge in [0.2, 0.25) is 0 Å². The molecule has 0 saturated heterocycles. The van der Waals surface area contributed by atoms with Gasteiger partial charge >= 0.3 is 5.82 Å². The zero-order valence-electron chi connectivity index (χ0n) is 4.49. The number of rotatable bonds is 1. The van der Waals surface area contributed by atoms with Crippen molar-refractivity contribution in [1.29, 1.82) is 0 Å². The molecule has 1 rings (SSSR count). The van der Waals surface area contributed by atoms with Gasteiger partial charge in [0.05, 0.1) is 11.3 Å². The number of nitrogens with zero attached hydrogens (tertiary/aromatic N) is 3. The van der Waals surface area contributed by atoms with Gasteiger partial charge in [-0.3, -0.25) is 0 Å². The largest absolute Gasteiger partial charge is 0.405 e. The number of hydrogen-bond acceptors (Lipinski definition) is 3. The van der Waals surface area contributed by atoms with Crippen LogP contribution in [0.15, 0.2) is 10.7 Å². The van der Waals surface area contributed by atoms with Crippen LogP contribution in [0, 0.1) is 10.1 Å². The highest BCUT2D eigenvalue weighted by molar-refractivity contribution is 9.10. The second-order valence-corrected chi connectivity index (χ2v) is 3.03. The minimum absolute atomic E-state index is 0.197. The number of nitro groups is 1. The summed E-state index contributed by atoms with van der Waals surface area (Å²) in [6, 6.07) is 0. The third-order valence-corrected chi connectivity index (χ3v) is 1.72. The van der Waals surface area contributed by atoms with Crippen molar-refractivity contribution in [2.45, 2.75) is 0 Å². The molecular weight excluding hydrogens is 270 g/mol. The Morgan fingerprint density at radius 1 is 1.80 bits per heavy atom. The van der Waals surface area contributed by atoms with Crippen LogP contribution >= 0.6 is 32.1 Å². The van der Waals surface area contributed by atoms with Crippen molar-refractivity contribution in [2.24, 2.45) is 0 Å². The lowest BCUT2D eigenvalue weighted by Gasteiger charge is -1.83. The normalized spacial score (nSPS) is 9.80. The molecule has 0 aromatic carbocycles. The van der Waals surface area contributed by atoms with Gasteiger partial charge in [-0.25, -0.2) is 0 Å². The molecule has 0 aliphatic carbocycles. The van der Waals surface area contributed by atoms with Crippen molar-refractivity contribution in [2.75, 3.05) is 0 Å². The van der Waals surface area contributed by atoms with E-state index in [9.17, 15) is 10.1 Å². The van der Waals surface area contributed by atoms with E-state index in [4.69, 9.17) is 0 Å². The summed E-state index contributed by atoms with van der Waals surface area (Å²) in [5.41, 5.74) is 0. The lowest BCUT2D eigenvalue weighted by atomic mass is 10.7. The van der Waals surface area contributed by atoms with Crippen LogP contribution in [-0.2, 0) is 0 Å². The second-order valence-electron chi connectivity index (χ2n) is 1.45. The fraction of sp³-hybridized carbons (Fsp3) is 0. The average molecular weight is 271 g/mol. The standard InChI is InChI=1S/C3HBr2N3O2/c4-2-1-7(5)6-3(2)8(9)10/h1H. The Bertz CT molecular complexity index is 271. The van der Waals surface area contributed by atoms with Crippen LogP contribution in [0.1, 0.15) is 0 Å². The monoisotopic (exact) mass is 269 g/mol. The van der Waals surface area contributed by atoms with E-state index < -0.39 is 4.92 Å².